The van der Waals surface area contributed by atoms with Crippen molar-refractivity contribution in [1.82, 2.24) is 0 Å². The van der Waals surface area contributed by atoms with E-state index in [2.05, 4.69) is 12.1 Å². The van der Waals surface area contributed by atoms with Crippen molar-refractivity contribution in [2.45, 2.75) is 38.0 Å². The summed E-state index contributed by atoms with van der Waals surface area (Å²) in [6, 6.07) is 6.26. The minimum Gasteiger partial charge on any atom is -0.493 e. The van der Waals surface area contributed by atoms with Crippen LogP contribution >= 0.6 is 0 Å². The molecule has 1 aliphatic carbocycles. The molecule has 0 bridgehead atoms. The van der Waals surface area contributed by atoms with Crippen LogP contribution in [0.1, 0.15) is 43.6 Å². The lowest BCUT2D eigenvalue weighted by Gasteiger charge is -2.22. The Balaban J connectivity index is 2.12. The van der Waals surface area contributed by atoms with Gasteiger partial charge in [-0.25, -0.2) is 0 Å². The molecule has 0 unspecified atom stereocenters. The quantitative estimate of drug-likeness (QED) is 0.745. The average molecular weight is 250 g/mol. The first kappa shape index (κ1) is 13.2. The third-order valence-corrected chi connectivity index (χ3v) is 3.60. The first-order chi connectivity index (χ1) is 8.85. The Morgan fingerprint density at radius 3 is 2.50 bits per heavy atom. The summed E-state index contributed by atoms with van der Waals surface area (Å²) in [5.74, 6) is 2.23. The second kappa shape index (κ2) is 6.64. The molecule has 0 saturated heterocycles. The van der Waals surface area contributed by atoms with Crippen molar-refractivity contribution in [3.63, 3.8) is 0 Å². The Labute approximate surface area is 109 Å². The number of rotatable bonds is 5. The summed E-state index contributed by atoms with van der Waals surface area (Å²) in [4.78, 5) is 0. The van der Waals surface area contributed by atoms with Gasteiger partial charge in [0, 0.05) is 7.11 Å². The molecule has 0 radical (unpaired) electrons. The zero-order chi connectivity index (χ0) is 12.8. The normalized spacial score (nSPS) is 16.6. The van der Waals surface area contributed by atoms with Gasteiger partial charge in [0.2, 0.25) is 0 Å². The first-order valence-corrected chi connectivity index (χ1v) is 6.65. The lowest BCUT2D eigenvalue weighted by molar-refractivity contribution is 0.0491. The van der Waals surface area contributed by atoms with E-state index in [4.69, 9.17) is 14.2 Å². The van der Waals surface area contributed by atoms with Crippen molar-refractivity contribution in [2.75, 3.05) is 21.0 Å². The molecule has 0 atom stereocenters. The molecule has 2 rings (SSSR count). The molecule has 1 aliphatic rings. The maximum absolute atomic E-state index is 5.47. The highest BCUT2D eigenvalue weighted by Crippen LogP contribution is 2.37. The van der Waals surface area contributed by atoms with Crippen molar-refractivity contribution in [1.29, 1.82) is 0 Å². The largest absolute Gasteiger partial charge is 0.493 e. The van der Waals surface area contributed by atoms with Gasteiger partial charge in [0.1, 0.15) is 0 Å². The lowest BCUT2D eigenvalue weighted by atomic mass is 9.84. The van der Waals surface area contributed by atoms with Crippen LogP contribution in [0.15, 0.2) is 18.2 Å². The van der Waals surface area contributed by atoms with Gasteiger partial charge < -0.3 is 14.2 Å². The van der Waals surface area contributed by atoms with Crippen LogP contribution in [-0.2, 0) is 4.74 Å². The molecule has 3 nitrogen and oxygen atoms in total. The highest BCUT2D eigenvalue weighted by Gasteiger charge is 2.17. The standard InChI is InChI=1S/C15H22O3/c1-16-11-18-14-9-8-13(10-15(14)17-2)12-6-4-3-5-7-12/h8-10,12H,3-7,11H2,1-2H3. The Hall–Kier alpha value is -1.22. The minimum atomic E-state index is 0.249. The predicted octanol–water partition coefficient (Wildman–Crippen LogP) is 3.73. The van der Waals surface area contributed by atoms with Crippen LogP contribution in [0.5, 0.6) is 11.5 Å². The molecular weight excluding hydrogens is 228 g/mol. The lowest BCUT2D eigenvalue weighted by Crippen LogP contribution is -2.06. The second-order valence-corrected chi connectivity index (χ2v) is 4.80. The van der Waals surface area contributed by atoms with Gasteiger partial charge in [-0.3, -0.25) is 0 Å². The molecule has 0 N–H and O–H groups in total. The molecule has 100 valence electrons. The van der Waals surface area contributed by atoms with Gasteiger partial charge in [0.05, 0.1) is 7.11 Å². The van der Waals surface area contributed by atoms with Crippen molar-refractivity contribution in [3.05, 3.63) is 23.8 Å². The summed E-state index contributed by atoms with van der Waals surface area (Å²) < 4.78 is 15.8. The van der Waals surface area contributed by atoms with E-state index in [1.54, 1.807) is 14.2 Å². The maximum atomic E-state index is 5.47. The van der Waals surface area contributed by atoms with Gasteiger partial charge in [-0.05, 0) is 36.5 Å². The molecule has 1 aromatic carbocycles. The summed E-state index contributed by atoms with van der Waals surface area (Å²) in [6.07, 6.45) is 6.65. The van der Waals surface area contributed by atoms with E-state index in [9.17, 15) is 0 Å². The number of ether oxygens (including phenoxy) is 3. The Morgan fingerprint density at radius 1 is 1.06 bits per heavy atom. The molecule has 0 heterocycles. The number of hydrogen-bond acceptors (Lipinski definition) is 3. The Kier molecular flexibility index (Phi) is 4.88. The van der Waals surface area contributed by atoms with E-state index in [0.717, 1.165) is 11.5 Å². The molecule has 1 fully saturated rings. The highest BCUT2D eigenvalue weighted by molar-refractivity contribution is 5.44. The van der Waals surface area contributed by atoms with E-state index >= 15 is 0 Å². The topological polar surface area (TPSA) is 27.7 Å². The molecule has 1 aromatic rings. The SMILES string of the molecule is COCOc1ccc(C2CCCCC2)cc1OC. The van der Waals surface area contributed by atoms with Crippen molar-refractivity contribution in [2.24, 2.45) is 0 Å². The fourth-order valence-electron chi connectivity index (χ4n) is 2.62. The number of benzene rings is 1. The van der Waals surface area contributed by atoms with Crippen LogP contribution in [0.4, 0.5) is 0 Å². The summed E-state index contributed by atoms with van der Waals surface area (Å²) in [5, 5.41) is 0. The van der Waals surface area contributed by atoms with Crippen LogP contribution in [0, 0.1) is 0 Å². The molecule has 1 saturated carbocycles. The monoisotopic (exact) mass is 250 g/mol. The summed E-state index contributed by atoms with van der Waals surface area (Å²) in [5.41, 5.74) is 1.37. The Morgan fingerprint density at radius 2 is 1.83 bits per heavy atom. The van der Waals surface area contributed by atoms with E-state index in [-0.39, 0.29) is 6.79 Å². The third-order valence-electron chi connectivity index (χ3n) is 3.60. The van der Waals surface area contributed by atoms with Gasteiger partial charge in [-0.1, -0.05) is 25.3 Å². The fourth-order valence-corrected chi connectivity index (χ4v) is 2.62. The number of methoxy groups -OCH3 is 2. The first-order valence-electron chi connectivity index (χ1n) is 6.65. The fraction of sp³-hybridized carbons (Fsp3) is 0.600. The third kappa shape index (κ3) is 3.16. The van der Waals surface area contributed by atoms with Crippen molar-refractivity contribution < 1.29 is 14.2 Å². The molecular formula is C15H22O3. The van der Waals surface area contributed by atoms with E-state index in [1.807, 2.05) is 6.07 Å². The highest BCUT2D eigenvalue weighted by atomic mass is 16.7. The van der Waals surface area contributed by atoms with E-state index < -0.39 is 0 Å². The summed E-state index contributed by atoms with van der Waals surface area (Å²) in [7, 11) is 3.29. The Bertz CT molecular complexity index is 370. The molecule has 0 aliphatic heterocycles. The molecule has 18 heavy (non-hydrogen) atoms. The van der Waals surface area contributed by atoms with Crippen LogP contribution in [0.3, 0.4) is 0 Å². The van der Waals surface area contributed by atoms with Crippen molar-refractivity contribution in [3.8, 4) is 11.5 Å². The molecule has 0 spiro atoms. The molecule has 0 amide bonds. The smallest absolute Gasteiger partial charge is 0.188 e. The zero-order valence-corrected chi connectivity index (χ0v) is 11.3. The summed E-state index contributed by atoms with van der Waals surface area (Å²) in [6.45, 7) is 0.249. The average Bonchev–Trinajstić information content (AvgIpc) is 2.46. The molecule has 3 heteroatoms. The van der Waals surface area contributed by atoms with Crippen LogP contribution in [-0.4, -0.2) is 21.0 Å². The minimum absolute atomic E-state index is 0.249. The van der Waals surface area contributed by atoms with Gasteiger partial charge in [0.15, 0.2) is 18.3 Å². The van der Waals surface area contributed by atoms with Crippen LogP contribution in [0.25, 0.3) is 0 Å². The van der Waals surface area contributed by atoms with Gasteiger partial charge in [0.25, 0.3) is 0 Å². The maximum Gasteiger partial charge on any atom is 0.188 e. The van der Waals surface area contributed by atoms with Gasteiger partial charge in [-0.2, -0.15) is 0 Å². The van der Waals surface area contributed by atoms with Gasteiger partial charge in [-0.15, -0.1) is 0 Å². The number of hydrogen-bond donors (Lipinski definition) is 0. The van der Waals surface area contributed by atoms with Crippen molar-refractivity contribution >= 4 is 0 Å². The second-order valence-electron chi connectivity index (χ2n) is 4.80. The predicted molar refractivity (Wildman–Crippen MR) is 71.3 cm³/mol. The van der Waals surface area contributed by atoms with Gasteiger partial charge >= 0.3 is 0 Å². The van der Waals surface area contributed by atoms with E-state index in [0.29, 0.717) is 5.92 Å². The van der Waals surface area contributed by atoms with E-state index in [1.165, 1.54) is 37.7 Å². The zero-order valence-electron chi connectivity index (χ0n) is 11.3. The van der Waals surface area contributed by atoms with Crippen LogP contribution in [0.2, 0.25) is 0 Å². The van der Waals surface area contributed by atoms with Crippen LogP contribution < -0.4 is 9.47 Å². The molecule has 0 aromatic heterocycles. The summed E-state index contributed by atoms with van der Waals surface area (Å²) >= 11 is 0.